The van der Waals surface area contributed by atoms with Gasteiger partial charge in [0.2, 0.25) is 11.8 Å². The Morgan fingerprint density at radius 1 is 1.20 bits per heavy atom. The van der Waals surface area contributed by atoms with Gasteiger partial charge in [0.05, 0.1) is 6.21 Å². The van der Waals surface area contributed by atoms with E-state index in [1.54, 1.807) is 11.7 Å². The van der Waals surface area contributed by atoms with Gasteiger partial charge in [-0.3, -0.25) is 14.8 Å². The maximum atomic E-state index is 11.5. The maximum Gasteiger partial charge on any atom is 0.243 e. The average Bonchev–Trinajstić information content (AvgIpc) is 2.45. The molecule has 6 heteroatoms. The van der Waals surface area contributed by atoms with E-state index in [-0.39, 0.29) is 12.3 Å². The molecule has 0 radical (unpaired) electrons. The number of benzene rings is 1. The van der Waals surface area contributed by atoms with Crippen molar-refractivity contribution in [2.75, 3.05) is 0 Å². The molecule has 0 unspecified atom stereocenters. The topological polar surface area (TPSA) is 90.8 Å². The zero-order valence-electron chi connectivity index (χ0n) is 11.4. The Bertz CT molecular complexity index is 486. The van der Waals surface area contributed by atoms with E-state index in [1.165, 1.54) is 0 Å². The summed E-state index contributed by atoms with van der Waals surface area (Å²) >= 11 is 0. The van der Waals surface area contributed by atoms with E-state index in [0.717, 1.165) is 11.1 Å². The number of nitrogens with one attached hydrogen (secondary N) is 2. The van der Waals surface area contributed by atoms with Crippen molar-refractivity contribution in [1.29, 1.82) is 0 Å². The fraction of sp³-hybridized carbons (Fsp3) is 0.357. The van der Waals surface area contributed by atoms with Crippen molar-refractivity contribution in [1.82, 2.24) is 10.9 Å². The van der Waals surface area contributed by atoms with Crippen LogP contribution >= 0.6 is 0 Å². The predicted octanol–water partition coefficient (Wildman–Crippen LogP) is 1.51. The molecule has 2 amide bonds. The highest BCUT2D eigenvalue weighted by atomic mass is 16.5. The summed E-state index contributed by atoms with van der Waals surface area (Å²) in [7, 11) is 0. The van der Waals surface area contributed by atoms with Crippen LogP contribution in [0.2, 0.25) is 0 Å². The fourth-order valence-electron chi connectivity index (χ4n) is 1.59. The fourth-order valence-corrected chi connectivity index (χ4v) is 1.59. The number of amides is 2. The molecule has 0 heterocycles. The van der Waals surface area contributed by atoms with E-state index < -0.39 is 5.91 Å². The molecule has 0 saturated carbocycles. The van der Waals surface area contributed by atoms with Crippen LogP contribution in [0.15, 0.2) is 29.4 Å². The minimum Gasteiger partial charge on any atom is -0.289 e. The van der Waals surface area contributed by atoms with Crippen LogP contribution in [0.4, 0.5) is 0 Å². The number of rotatable bonds is 7. The standard InChI is InChI=1S/C14H19N3O3/c1-11-6-2-3-7-12(11)10-15-16-13(18)8-4-5-9-14(19)17-20/h2-3,6-7,10,20H,4-5,8-9H2,1H3,(H,16,18)(H,17,19)/b15-10+. The molecule has 0 aromatic heterocycles. The van der Waals surface area contributed by atoms with Crippen molar-refractivity contribution in [3.63, 3.8) is 0 Å². The van der Waals surface area contributed by atoms with Gasteiger partial charge in [0.1, 0.15) is 0 Å². The van der Waals surface area contributed by atoms with E-state index in [4.69, 9.17) is 5.21 Å². The number of hydroxylamine groups is 1. The van der Waals surface area contributed by atoms with Crippen molar-refractivity contribution in [3.05, 3.63) is 35.4 Å². The second-order valence-electron chi connectivity index (χ2n) is 4.39. The van der Waals surface area contributed by atoms with E-state index in [9.17, 15) is 9.59 Å². The van der Waals surface area contributed by atoms with Crippen LogP contribution in [0.25, 0.3) is 0 Å². The minimum atomic E-state index is -0.442. The summed E-state index contributed by atoms with van der Waals surface area (Å²) in [5.41, 5.74) is 6.02. The highest BCUT2D eigenvalue weighted by molar-refractivity contribution is 5.83. The molecule has 3 N–H and O–H groups in total. The summed E-state index contributed by atoms with van der Waals surface area (Å²) in [5, 5.41) is 12.2. The van der Waals surface area contributed by atoms with Gasteiger partial charge >= 0.3 is 0 Å². The first-order chi connectivity index (χ1) is 9.63. The molecule has 1 aromatic rings. The molecule has 6 nitrogen and oxygen atoms in total. The van der Waals surface area contributed by atoms with Gasteiger partial charge in [0.15, 0.2) is 0 Å². The summed E-state index contributed by atoms with van der Waals surface area (Å²) in [5.74, 6) is -0.637. The first kappa shape index (κ1) is 15.8. The second kappa shape index (κ2) is 8.82. The lowest BCUT2D eigenvalue weighted by molar-refractivity contribution is -0.129. The maximum absolute atomic E-state index is 11.5. The number of carbonyl (C=O) groups is 2. The summed E-state index contributed by atoms with van der Waals surface area (Å²) in [6, 6.07) is 7.73. The molecule has 108 valence electrons. The molecular formula is C14H19N3O3. The Hall–Kier alpha value is -2.21. The lowest BCUT2D eigenvalue weighted by Crippen LogP contribution is -2.19. The van der Waals surface area contributed by atoms with E-state index in [1.807, 2.05) is 31.2 Å². The Balaban J connectivity index is 2.23. The highest BCUT2D eigenvalue weighted by Gasteiger charge is 2.02. The monoisotopic (exact) mass is 277 g/mol. The van der Waals surface area contributed by atoms with E-state index in [0.29, 0.717) is 19.3 Å². The smallest absolute Gasteiger partial charge is 0.243 e. The van der Waals surface area contributed by atoms with Gasteiger partial charge in [0, 0.05) is 12.8 Å². The molecule has 0 saturated heterocycles. The van der Waals surface area contributed by atoms with Crippen molar-refractivity contribution >= 4 is 18.0 Å². The SMILES string of the molecule is Cc1ccccc1/C=N/NC(=O)CCCCC(=O)NO. The molecule has 0 bridgehead atoms. The number of hydrogen-bond donors (Lipinski definition) is 3. The first-order valence-corrected chi connectivity index (χ1v) is 6.44. The lowest BCUT2D eigenvalue weighted by Gasteiger charge is -2.01. The summed E-state index contributed by atoms with van der Waals surface area (Å²) in [6.07, 6.45) is 3.22. The Morgan fingerprint density at radius 3 is 2.50 bits per heavy atom. The largest absolute Gasteiger partial charge is 0.289 e. The van der Waals surface area contributed by atoms with Gasteiger partial charge < -0.3 is 0 Å². The van der Waals surface area contributed by atoms with Crippen LogP contribution in [0.1, 0.15) is 36.8 Å². The molecule has 0 aliphatic carbocycles. The van der Waals surface area contributed by atoms with Crippen molar-refractivity contribution in [2.24, 2.45) is 5.10 Å². The van der Waals surface area contributed by atoms with Crippen LogP contribution in [-0.2, 0) is 9.59 Å². The third-order valence-corrected chi connectivity index (χ3v) is 2.76. The molecule has 0 fully saturated rings. The summed E-state index contributed by atoms with van der Waals surface area (Å²) in [6.45, 7) is 1.97. The molecule has 1 aromatic carbocycles. The second-order valence-corrected chi connectivity index (χ2v) is 4.39. The van der Waals surface area contributed by atoms with Crippen LogP contribution in [0.5, 0.6) is 0 Å². The quantitative estimate of drug-likeness (QED) is 0.305. The number of unbranched alkanes of at least 4 members (excludes halogenated alkanes) is 1. The normalized spacial score (nSPS) is 10.5. The third-order valence-electron chi connectivity index (χ3n) is 2.76. The zero-order chi connectivity index (χ0) is 14.8. The summed E-state index contributed by atoms with van der Waals surface area (Å²) in [4.78, 5) is 22.2. The molecule has 0 aliphatic heterocycles. The first-order valence-electron chi connectivity index (χ1n) is 6.44. The van der Waals surface area contributed by atoms with Crippen LogP contribution < -0.4 is 10.9 Å². The molecule has 20 heavy (non-hydrogen) atoms. The van der Waals surface area contributed by atoms with Gasteiger partial charge in [-0.1, -0.05) is 24.3 Å². The van der Waals surface area contributed by atoms with Crippen LogP contribution in [0.3, 0.4) is 0 Å². The predicted molar refractivity (Wildman–Crippen MR) is 75.3 cm³/mol. The van der Waals surface area contributed by atoms with Crippen molar-refractivity contribution in [3.8, 4) is 0 Å². The molecule has 0 atom stereocenters. The number of carbonyl (C=O) groups excluding carboxylic acids is 2. The average molecular weight is 277 g/mol. The number of hydrazone groups is 1. The zero-order valence-corrected chi connectivity index (χ0v) is 11.4. The molecule has 0 spiro atoms. The minimum absolute atomic E-state index is 0.195. The van der Waals surface area contributed by atoms with Crippen molar-refractivity contribution < 1.29 is 14.8 Å². The Labute approximate surface area is 117 Å². The number of nitrogens with zero attached hydrogens (tertiary/aromatic N) is 1. The Kier molecular flexibility index (Phi) is 6.99. The van der Waals surface area contributed by atoms with E-state index >= 15 is 0 Å². The van der Waals surface area contributed by atoms with Gasteiger partial charge in [0.25, 0.3) is 0 Å². The number of aryl methyl sites for hydroxylation is 1. The third kappa shape index (κ3) is 6.10. The van der Waals surface area contributed by atoms with Gasteiger partial charge in [-0.2, -0.15) is 5.10 Å². The van der Waals surface area contributed by atoms with Crippen LogP contribution in [-0.4, -0.2) is 23.2 Å². The lowest BCUT2D eigenvalue weighted by atomic mass is 10.1. The van der Waals surface area contributed by atoms with E-state index in [2.05, 4.69) is 10.5 Å². The number of hydrogen-bond acceptors (Lipinski definition) is 4. The molecular weight excluding hydrogens is 258 g/mol. The molecule has 0 aliphatic rings. The van der Waals surface area contributed by atoms with Gasteiger partial charge in [-0.15, -0.1) is 0 Å². The van der Waals surface area contributed by atoms with Crippen LogP contribution in [0, 0.1) is 6.92 Å². The highest BCUT2D eigenvalue weighted by Crippen LogP contribution is 2.03. The van der Waals surface area contributed by atoms with Gasteiger partial charge in [-0.05, 0) is 30.9 Å². The van der Waals surface area contributed by atoms with Crippen molar-refractivity contribution in [2.45, 2.75) is 32.6 Å². The Morgan fingerprint density at radius 2 is 1.85 bits per heavy atom. The van der Waals surface area contributed by atoms with Gasteiger partial charge in [-0.25, -0.2) is 10.9 Å². The summed E-state index contributed by atoms with van der Waals surface area (Å²) < 4.78 is 0. The molecule has 1 rings (SSSR count).